The van der Waals surface area contributed by atoms with Crippen LogP contribution in [0.15, 0.2) is 156 Å². The molecule has 4 aromatic carbocycles. The highest BCUT2D eigenvalue weighted by molar-refractivity contribution is 8.43. The first-order valence-electron chi connectivity index (χ1n) is 23.9. The molecule has 6 aliphatic heterocycles. The number of carbonyl (C=O) groups is 4. The van der Waals surface area contributed by atoms with Gasteiger partial charge in [-0.15, -0.1) is 94.1 Å². The maximum Gasteiger partial charge on any atom is 0.152 e. The molecule has 82 heavy (non-hydrogen) atoms. The lowest BCUT2D eigenvalue weighted by Crippen LogP contribution is -1.91. The predicted molar refractivity (Wildman–Crippen MR) is 406 cm³/mol. The second kappa shape index (κ2) is 30.5. The van der Waals surface area contributed by atoms with Gasteiger partial charge in [-0.05, 0) is 94.6 Å². The number of allylic oxidation sites excluding steroid dienone is 4. The number of hydrogen-bond donors (Lipinski definition) is 0. The van der Waals surface area contributed by atoms with E-state index in [9.17, 15) is 19.2 Å². The van der Waals surface area contributed by atoms with Gasteiger partial charge in [-0.2, -0.15) is 0 Å². The second-order valence-electron chi connectivity index (χ2n) is 16.6. The van der Waals surface area contributed by atoms with Crippen molar-refractivity contribution in [2.75, 3.05) is 50.0 Å². The molecule has 0 unspecified atom stereocenters. The van der Waals surface area contributed by atoms with Crippen molar-refractivity contribution >= 4 is 302 Å². The zero-order chi connectivity index (χ0) is 57.6. The van der Waals surface area contributed by atoms with Crippen molar-refractivity contribution in [3.05, 3.63) is 201 Å². The van der Waals surface area contributed by atoms with Crippen LogP contribution in [0.1, 0.15) is 44.5 Å². The molecule has 0 atom stereocenters. The van der Waals surface area contributed by atoms with Crippen LogP contribution in [-0.2, 0) is 19.2 Å². The van der Waals surface area contributed by atoms with E-state index >= 15 is 0 Å². The Morgan fingerprint density at radius 1 is 0.256 bits per heavy atom. The van der Waals surface area contributed by atoms with Crippen LogP contribution in [0.25, 0.3) is 41.9 Å². The number of benzene rings is 4. The molecule has 0 spiro atoms. The number of carbonyl (C=O) groups excluding carboxylic acids is 4. The quantitative estimate of drug-likeness (QED) is 0.0622. The zero-order valence-electron chi connectivity index (χ0n) is 44.3. The van der Waals surface area contributed by atoms with Crippen LogP contribution in [0, 0.1) is 0 Å². The summed E-state index contributed by atoms with van der Waals surface area (Å²) < 4.78 is 16.0. The van der Waals surface area contributed by atoms with E-state index in [1.54, 1.807) is 235 Å². The highest BCUT2D eigenvalue weighted by Crippen LogP contribution is 2.68. The van der Waals surface area contributed by atoms with Gasteiger partial charge in [-0.1, -0.05) is 238 Å². The summed E-state index contributed by atoms with van der Waals surface area (Å²) in [6.07, 6.45) is 20.6. The van der Waals surface area contributed by atoms with Gasteiger partial charge in [0.2, 0.25) is 0 Å². The van der Waals surface area contributed by atoms with Crippen LogP contribution in [0.5, 0.6) is 0 Å². The summed E-state index contributed by atoms with van der Waals surface area (Å²) in [5.41, 5.74) is 10.4. The van der Waals surface area contributed by atoms with Crippen molar-refractivity contribution < 1.29 is 19.2 Å². The van der Waals surface area contributed by atoms with E-state index in [-0.39, 0.29) is 0 Å². The van der Waals surface area contributed by atoms with Gasteiger partial charge in [-0.25, -0.2) is 0 Å². The first-order chi connectivity index (χ1) is 40.0. The van der Waals surface area contributed by atoms with Crippen LogP contribution in [0.3, 0.4) is 0 Å². The summed E-state index contributed by atoms with van der Waals surface area (Å²) >= 11 is 34.1. The Kier molecular flexibility index (Phi) is 24.0. The molecule has 0 aromatic heterocycles. The molecule has 0 fully saturated rings. The molecular formula is C58H44O4S20. The average Bonchev–Trinajstić information content (AvgIpc) is 4.60. The molecule has 10 rings (SSSR count). The van der Waals surface area contributed by atoms with Gasteiger partial charge in [0, 0.05) is 41.9 Å². The van der Waals surface area contributed by atoms with Crippen LogP contribution < -0.4 is 0 Å². The molecular weight excluding hydrogens is 1400 g/mol. The van der Waals surface area contributed by atoms with Crippen LogP contribution in [-0.4, -0.2) is 75.2 Å². The zero-order valence-corrected chi connectivity index (χ0v) is 60.7. The number of hydrogen-bond acceptors (Lipinski definition) is 24. The minimum atomic E-state index is 0.691. The van der Waals surface area contributed by atoms with Gasteiger partial charge < -0.3 is 0 Å². The van der Waals surface area contributed by atoms with Crippen molar-refractivity contribution in [1.82, 2.24) is 0 Å². The van der Waals surface area contributed by atoms with Crippen molar-refractivity contribution in [3.63, 3.8) is 0 Å². The molecule has 420 valence electrons. The summed E-state index contributed by atoms with van der Waals surface area (Å²) in [6, 6.07) is 33.7. The Morgan fingerprint density at radius 2 is 0.415 bits per heavy atom. The van der Waals surface area contributed by atoms with Crippen LogP contribution >= 0.6 is 235 Å². The SMILES string of the molecule is CSC1=C(SC)SC(=C(C=O)c2ccc(C3=C(c4ccc(C(C=O)=C5SC(SC)=C(SC)S5)cc4)SC(=C4SC(c5ccc(C(C=O)=C6SC(SC)=C(SC)S6)cc5)=C(c5ccc(C(C=O)=C6SC(SC)=C(SC)S6)cc5)S4)S3)cc2)S1. The van der Waals surface area contributed by atoms with Gasteiger partial charge in [0.05, 0.1) is 59.3 Å². The van der Waals surface area contributed by atoms with E-state index in [0.717, 1.165) is 115 Å². The Morgan fingerprint density at radius 3 is 0.549 bits per heavy atom. The van der Waals surface area contributed by atoms with Gasteiger partial charge in [-0.3, -0.25) is 19.2 Å². The highest BCUT2D eigenvalue weighted by atomic mass is 32.3. The number of thioether (sulfide) groups is 20. The Balaban J connectivity index is 1.03. The monoisotopic (exact) mass is 1440 g/mol. The van der Waals surface area contributed by atoms with E-state index in [1.807, 2.05) is 0 Å². The van der Waals surface area contributed by atoms with Crippen molar-refractivity contribution in [2.24, 2.45) is 0 Å². The lowest BCUT2D eigenvalue weighted by Gasteiger charge is -2.10. The summed E-state index contributed by atoms with van der Waals surface area (Å²) in [5, 5.41) is 0. The molecule has 0 saturated heterocycles. The molecule has 0 amide bonds. The standard InChI is InChI=1S/C58H44O4S20/c1-63-49-50(64-2)76-45(75-49)37(25-59)29-9-17-33(18-10-29)41-42(34-19-11-30(12-20-34)38(26-60)46-77-51(65-3)52(66-4)78-46)72-57(71-41)58-73-43(35-21-13-31(14-22-35)39(27-61)47-79-53(67-5)54(68-6)80-47)44(74-58)36-23-15-32(16-24-36)40(28-62)48-81-55(69-7)56(70-8)82-48/h9-28H,1-8H3. The maximum absolute atomic E-state index is 12.8. The summed E-state index contributed by atoms with van der Waals surface area (Å²) in [4.78, 5) is 55.8. The van der Waals surface area contributed by atoms with Gasteiger partial charge in [0.15, 0.2) is 25.1 Å². The van der Waals surface area contributed by atoms with E-state index in [0.29, 0.717) is 22.3 Å². The highest BCUT2D eigenvalue weighted by Gasteiger charge is 2.34. The van der Waals surface area contributed by atoms with Crippen molar-refractivity contribution in [2.45, 2.75) is 0 Å². The van der Waals surface area contributed by atoms with E-state index in [1.165, 1.54) is 33.9 Å². The summed E-state index contributed by atoms with van der Waals surface area (Å²) in [7, 11) is 0. The topological polar surface area (TPSA) is 68.3 Å². The van der Waals surface area contributed by atoms with E-state index in [4.69, 9.17) is 0 Å². The smallest absolute Gasteiger partial charge is 0.152 e. The van der Waals surface area contributed by atoms with Crippen LogP contribution in [0.2, 0.25) is 0 Å². The lowest BCUT2D eigenvalue weighted by molar-refractivity contribution is -0.104. The molecule has 6 aliphatic rings. The lowest BCUT2D eigenvalue weighted by atomic mass is 10.0. The third kappa shape index (κ3) is 14.0. The molecule has 4 aromatic rings. The average molecular weight is 1450 g/mol. The molecule has 0 bridgehead atoms. The Hall–Kier alpha value is -0.300. The fourth-order valence-corrected chi connectivity index (χ4v) is 34.1. The van der Waals surface area contributed by atoms with Gasteiger partial charge >= 0.3 is 0 Å². The third-order valence-corrected chi connectivity index (χ3v) is 39.1. The van der Waals surface area contributed by atoms with Gasteiger partial charge in [0.25, 0.3) is 0 Å². The normalized spacial score (nSPS) is 17.6. The van der Waals surface area contributed by atoms with Gasteiger partial charge in [0.1, 0.15) is 0 Å². The van der Waals surface area contributed by atoms with Crippen LogP contribution in [0.4, 0.5) is 0 Å². The summed E-state index contributed by atoms with van der Waals surface area (Å²) in [6.45, 7) is 0. The molecule has 4 nitrogen and oxygen atoms in total. The minimum absolute atomic E-state index is 0.691. The summed E-state index contributed by atoms with van der Waals surface area (Å²) in [5.74, 6) is 0. The number of aldehydes is 4. The molecule has 0 aliphatic carbocycles. The fraction of sp³-hybridized carbons (Fsp3) is 0.138. The predicted octanol–water partition coefficient (Wildman–Crippen LogP) is 22.9. The maximum atomic E-state index is 12.8. The second-order valence-corrected chi connectivity index (χ2v) is 39.0. The Labute approximate surface area is 564 Å². The molecule has 0 radical (unpaired) electrons. The van der Waals surface area contributed by atoms with E-state index in [2.05, 4.69) is 147 Å². The van der Waals surface area contributed by atoms with Crippen molar-refractivity contribution in [3.8, 4) is 0 Å². The first-order valence-corrected chi connectivity index (χ1v) is 43.5. The fourth-order valence-electron chi connectivity index (χ4n) is 8.20. The molecule has 0 N–H and O–H groups in total. The largest absolute Gasteiger partial charge is 0.298 e. The first kappa shape index (κ1) is 64.7. The molecule has 0 saturated carbocycles. The molecule has 6 heterocycles. The minimum Gasteiger partial charge on any atom is -0.298 e. The van der Waals surface area contributed by atoms with Crippen molar-refractivity contribution in [1.29, 1.82) is 0 Å². The van der Waals surface area contributed by atoms with E-state index < -0.39 is 0 Å². The molecule has 24 heteroatoms. The third-order valence-electron chi connectivity index (χ3n) is 12.2. The number of rotatable bonds is 20. The Bertz CT molecular complexity index is 3110.